The predicted molar refractivity (Wildman–Crippen MR) is 21.7 cm³/mol. The molecule has 0 amide bonds. The first-order valence-corrected chi connectivity index (χ1v) is 1.49. The van der Waals surface area contributed by atoms with Gasteiger partial charge in [0.15, 0.2) is 0 Å². The topological polar surface area (TPSA) is 17.1 Å². The van der Waals surface area contributed by atoms with Gasteiger partial charge in [0.1, 0.15) is 0 Å². The van der Waals surface area contributed by atoms with Crippen LogP contribution in [0.4, 0.5) is 4.79 Å². The molecule has 0 heterocycles. The van der Waals surface area contributed by atoms with Crippen LogP contribution in [-0.2, 0) is 33.7 Å². The SMILES string of the molecule is O=C([S-])S.[Mo]. The molecular weight excluding hydrogens is 188 g/mol. The third kappa shape index (κ3) is 49.0. The molecule has 4 heteroatoms. The van der Waals surface area contributed by atoms with E-state index in [2.05, 4.69) is 25.3 Å². The van der Waals surface area contributed by atoms with E-state index in [4.69, 9.17) is 4.79 Å². The van der Waals surface area contributed by atoms with Gasteiger partial charge in [-0.15, -0.1) is 12.6 Å². The monoisotopic (exact) mass is 191 g/mol. The van der Waals surface area contributed by atoms with Crippen molar-refractivity contribution in [3.05, 3.63) is 0 Å². The van der Waals surface area contributed by atoms with Crippen LogP contribution in [0.3, 0.4) is 0 Å². The molecule has 0 unspecified atom stereocenters. The third-order valence-corrected chi connectivity index (χ3v) is 0. The van der Waals surface area contributed by atoms with Crippen molar-refractivity contribution < 1.29 is 25.9 Å². The molecule has 0 saturated heterocycles. The Morgan fingerprint density at radius 2 is 1.80 bits per heavy atom. The molecule has 0 atom stereocenters. The minimum absolute atomic E-state index is 0. The van der Waals surface area contributed by atoms with Crippen LogP contribution in [0.2, 0.25) is 0 Å². The van der Waals surface area contributed by atoms with E-state index in [1.807, 2.05) is 0 Å². The second-order valence-electron chi connectivity index (χ2n) is 0.266. The molecule has 0 bridgehead atoms. The van der Waals surface area contributed by atoms with E-state index in [0.717, 1.165) is 0 Å². The van der Waals surface area contributed by atoms with Gasteiger partial charge in [-0.25, -0.2) is 0 Å². The van der Waals surface area contributed by atoms with E-state index in [9.17, 15) is 0 Å². The van der Waals surface area contributed by atoms with Crippen LogP contribution in [0.1, 0.15) is 0 Å². The average Bonchev–Trinajstić information content (AvgIpc) is 0.811. The first-order chi connectivity index (χ1) is 1.73. The molecule has 0 rings (SSSR count). The summed E-state index contributed by atoms with van der Waals surface area (Å²) in [5, 5.41) is 0. The summed E-state index contributed by atoms with van der Waals surface area (Å²) >= 11 is 6.99. The smallest absolute Gasteiger partial charge is 0.0654 e. The Balaban J connectivity index is 0. The molecule has 0 aromatic rings. The van der Waals surface area contributed by atoms with Gasteiger partial charge in [0.2, 0.25) is 0 Å². The number of thiol groups is 1. The second-order valence-corrected chi connectivity index (χ2v) is 1.35. The Kier molecular flexibility index (Phi) is 9.20. The van der Waals surface area contributed by atoms with E-state index in [1.54, 1.807) is 0 Å². The van der Waals surface area contributed by atoms with E-state index in [-0.39, 0.29) is 21.1 Å². The zero-order valence-electron chi connectivity index (χ0n) is 2.17. The molecule has 0 N–H and O–H groups in total. The number of hydrogen-bond acceptors (Lipinski definition) is 2. The van der Waals surface area contributed by atoms with Gasteiger partial charge in [0.05, 0.1) is 4.45 Å². The minimum atomic E-state index is -0.556. The first kappa shape index (κ1) is 9.33. The van der Waals surface area contributed by atoms with Gasteiger partial charge in [-0.3, -0.25) is 0 Å². The molecule has 0 spiro atoms. The Morgan fingerprint density at radius 1 is 1.80 bits per heavy atom. The van der Waals surface area contributed by atoms with E-state index < -0.39 is 4.45 Å². The number of rotatable bonds is 0. The number of hydrogen-bond donors (Lipinski definition) is 1. The summed E-state index contributed by atoms with van der Waals surface area (Å²) in [6, 6.07) is 0. The summed E-state index contributed by atoms with van der Waals surface area (Å²) in [4.78, 5) is 9.12. The molecule has 0 aliphatic heterocycles. The Labute approximate surface area is 55.6 Å². The molecule has 0 radical (unpaired) electrons. The van der Waals surface area contributed by atoms with Crippen LogP contribution in [0.5, 0.6) is 0 Å². The van der Waals surface area contributed by atoms with Crippen molar-refractivity contribution in [2.45, 2.75) is 0 Å². The molecule has 0 fully saturated rings. The second kappa shape index (κ2) is 4.93. The van der Waals surface area contributed by atoms with Crippen molar-refractivity contribution in [3.63, 3.8) is 0 Å². The van der Waals surface area contributed by atoms with Crippen LogP contribution >= 0.6 is 12.6 Å². The van der Waals surface area contributed by atoms with Gasteiger partial charge in [-0.1, -0.05) is 0 Å². The van der Waals surface area contributed by atoms with E-state index in [0.29, 0.717) is 0 Å². The van der Waals surface area contributed by atoms with Gasteiger partial charge < -0.3 is 17.4 Å². The van der Waals surface area contributed by atoms with E-state index in [1.165, 1.54) is 0 Å². The minimum Gasteiger partial charge on any atom is -0.731 e. The zero-order valence-corrected chi connectivity index (χ0v) is 5.89. The van der Waals surface area contributed by atoms with Crippen LogP contribution in [0.25, 0.3) is 0 Å². The van der Waals surface area contributed by atoms with Gasteiger partial charge in [-0.2, -0.15) is 0 Å². The summed E-state index contributed by atoms with van der Waals surface area (Å²) in [6.07, 6.45) is 0. The van der Waals surface area contributed by atoms with Crippen molar-refractivity contribution in [2.24, 2.45) is 0 Å². The Bertz CT molecular complexity index is 32.6. The molecule has 0 aromatic heterocycles. The van der Waals surface area contributed by atoms with E-state index >= 15 is 0 Å². The summed E-state index contributed by atoms with van der Waals surface area (Å²) in [7, 11) is 0. The summed E-state index contributed by atoms with van der Waals surface area (Å²) in [5.41, 5.74) is 0. The first-order valence-electron chi connectivity index (χ1n) is 0.632. The molecule has 0 aromatic carbocycles. The largest absolute Gasteiger partial charge is 0.731 e. The van der Waals surface area contributed by atoms with Crippen molar-refractivity contribution in [3.8, 4) is 0 Å². The van der Waals surface area contributed by atoms with Gasteiger partial charge in [0.25, 0.3) is 0 Å². The molecule has 30 valence electrons. The van der Waals surface area contributed by atoms with Crippen molar-refractivity contribution in [1.82, 2.24) is 0 Å². The number of carbonyl (C=O) groups is 1. The fourth-order valence-corrected chi connectivity index (χ4v) is 0. The maximum Gasteiger partial charge on any atom is 0.0654 e. The normalized spacial score (nSPS) is 5.00. The summed E-state index contributed by atoms with van der Waals surface area (Å²) in [5.74, 6) is 0. The van der Waals surface area contributed by atoms with Crippen LogP contribution in [0, 0.1) is 0 Å². The molecule has 1 nitrogen and oxygen atoms in total. The Hall–Kier alpha value is 0.928. The predicted octanol–water partition coefficient (Wildman–Crippen LogP) is 0.581. The van der Waals surface area contributed by atoms with Crippen LogP contribution in [0.15, 0.2) is 0 Å². The molecule has 0 aliphatic carbocycles. The fraction of sp³-hybridized carbons (Fsp3) is 0. The van der Waals surface area contributed by atoms with Crippen molar-refractivity contribution in [1.29, 1.82) is 0 Å². The van der Waals surface area contributed by atoms with Crippen molar-refractivity contribution >= 4 is 29.7 Å². The quantitative estimate of drug-likeness (QED) is 0.341. The molecule has 0 aliphatic rings. The number of carbonyl (C=O) groups excluding carboxylic acids is 1. The van der Waals surface area contributed by atoms with Crippen molar-refractivity contribution in [2.75, 3.05) is 0 Å². The molecule has 5 heavy (non-hydrogen) atoms. The van der Waals surface area contributed by atoms with Gasteiger partial charge in [0, 0.05) is 21.1 Å². The van der Waals surface area contributed by atoms with Crippen LogP contribution in [-0.4, -0.2) is 4.45 Å². The third-order valence-electron chi connectivity index (χ3n) is 0. The Morgan fingerprint density at radius 3 is 1.80 bits per heavy atom. The zero-order chi connectivity index (χ0) is 3.58. The van der Waals surface area contributed by atoms with Crippen LogP contribution < -0.4 is 0 Å². The molecule has 0 saturated carbocycles. The standard InChI is InChI=1S/CH2OS2.Mo/c2-1(3)4;/h(H2,2,3,4);/p-1. The molecular formula is CHMoOS2-. The fourth-order valence-electron chi connectivity index (χ4n) is 0. The van der Waals surface area contributed by atoms with Gasteiger partial charge >= 0.3 is 0 Å². The van der Waals surface area contributed by atoms with Gasteiger partial charge in [-0.05, 0) is 0 Å². The average molecular weight is 189 g/mol. The maximum absolute atomic E-state index is 9.12. The summed E-state index contributed by atoms with van der Waals surface area (Å²) in [6.45, 7) is 0. The summed E-state index contributed by atoms with van der Waals surface area (Å²) < 4.78 is -0.556. The maximum atomic E-state index is 9.12.